The van der Waals surface area contributed by atoms with Crippen molar-refractivity contribution in [3.05, 3.63) is 291 Å². The van der Waals surface area contributed by atoms with Gasteiger partial charge in [-0.2, -0.15) is 21.6 Å². The van der Waals surface area contributed by atoms with Gasteiger partial charge in [0.1, 0.15) is 0 Å². The molecule has 1 radical (unpaired) electrons. The molecule has 12 rings (SSSR count). The zero-order chi connectivity index (χ0) is 85.0. The Balaban J connectivity index is 0.00000132. The molecule has 0 fully saturated rings. The Labute approximate surface area is 726 Å². The number of halogens is 3. The molecule has 0 bridgehead atoms. The molecule has 6 aromatic carbocycles. The summed E-state index contributed by atoms with van der Waals surface area (Å²) in [7, 11) is -11.3. The Morgan fingerprint density at radius 3 is 0.733 bits per heavy atom. The van der Waals surface area contributed by atoms with Crippen molar-refractivity contribution in [2.24, 2.45) is 0 Å². The van der Waals surface area contributed by atoms with Gasteiger partial charge in [0, 0.05) is 83.7 Å². The van der Waals surface area contributed by atoms with E-state index in [9.17, 15) is 13.2 Å². The fraction of sp³-hybridized carbons (Fsp3) is 0.283. The van der Waals surface area contributed by atoms with E-state index in [1.165, 1.54) is 47.8 Å². The number of benzene rings is 6. The van der Waals surface area contributed by atoms with Crippen LogP contribution in [0.5, 0.6) is 0 Å². The first-order valence-electron chi connectivity index (χ1n) is 37.2. The molecule has 0 saturated carbocycles. The molecular weight excluding hydrogens is 1930 g/mol. The summed E-state index contributed by atoms with van der Waals surface area (Å²) < 4.78 is 57.5. The second kappa shape index (κ2) is 51.7. The summed E-state index contributed by atoms with van der Waals surface area (Å²) >= 11 is 0. The van der Waals surface area contributed by atoms with Gasteiger partial charge in [0.25, 0.3) is 0 Å². The molecule has 0 amide bonds. The van der Waals surface area contributed by atoms with Gasteiger partial charge in [-0.25, -0.2) is 0 Å². The molecule has 0 aliphatic heterocycles. The average molecular weight is 2050 g/mol. The van der Waals surface area contributed by atoms with Crippen molar-refractivity contribution in [1.82, 2.24) is 29.9 Å². The molecule has 6 aromatic heterocycles. The van der Waals surface area contributed by atoms with Crippen molar-refractivity contribution in [1.29, 1.82) is 0 Å². The van der Waals surface area contributed by atoms with Crippen LogP contribution in [0.1, 0.15) is 25.5 Å². The Kier molecular flexibility index (Phi) is 48.3. The van der Waals surface area contributed by atoms with Crippen LogP contribution in [0.2, 0.25) is 118 Å². The van der Waals surface area contributed by atoms with Gasteiger partial charge in [0.15, 0.2) is 0 Å². The smallest absolute Gasteiger partial charge is 0.400 e. The second-order valence-electron chi connectivity index (χ2n) is 32.0. The number of nitrogens with zero attached hydrogens (tertiary/aromatic N) is 6. The summed E-state index contributed by atoms with van der Waals surface area (Å²) in [6, 6.07) is 87.7. The molecule has 0 spiro atoms. The molecule has 625 valence electrons. The Morgan fingerprint density at radius 2 is 0.552 bits per heavy atom. The van der Waals surface area contributed by atoms with Gasteiger partial charge in [-0.1, -0.05) is 216 Å². The fourth-order valence-electron chi connectivity index (χ4n) is 10.3. The maximum atomic E-state index is 10.7. The summed E-state index contributed by atoms with van der Waals surface area (Å²) in [4.78, 5) is 27.3. The number of aromatic nitrogens is 6. The van der Waals surface area contributed by atoms with Gasteiger partial charge >= 0.3 is 35.7 Å². The molecule has 116 heavy (non-hydrogen) atoms. The fourth-order valence-corrected chi connectivity index (χ4v) is 17.9. The predicted molar refractivity (Wildman–Crippen MR) is 493 cm³/mol. The standard InChI is InChI=1S/C15H19NSi.C15H18NSi.4C14H16NSi.C2H6O.CHF3O3S.2CH4O.CH4.2Ir/c2*1-12-10-14(13-8-6-5-7-9-13)16-11-15(12)17(2,3)4;4*1-16(2,3)13-9-10-14(15-11-13)12-7-5-4-6-8-12;1-2-3;2-1(3,4)8(5,6)7;2*1-2;;;/h5-11H,1-4H3;5-8,10-11H,1-4H3;4*4-7,9-11H,1-3H3;3H,2H2,1H3;(H,5,6,7);2*2H,1H3;1H4;;/q;5*-1;;;;;;;+3. The maximum absolute atomic E-state index is 10.7. The van der Waals surface area contributed by atoms with Gasteiger partial charge in [0.05, 0.1) is 54.1 Å². The Bertz CT molecular complexity index is 4310. The van der Waals surface area contributed by atoms with Gasteiger partial charge < -0.3 is 40.2 Å². The zero-order valence-corrected chi connectivity index (χ0v) is 82.5. The molecule has 12 nitrogen and oxygen atoms in total. The summed E-state index contributed by atoms with van der Waals surface area (Å²) in [5.74, 6) is 0. The van der Waals surface area contributed by atoms with Crippen molar-refractivity contribution in [3.8, 4) is 67.5 Å². The first-order valence-corrected chi connectivity index (χ1v) is 59.6. The quantitative estimate of drug-likeness (QED) is 0.0392. The SMILES string of the molecule is C.CCO.CO.CO.C[Si](C)(C)c1ccc(-c2[c-]cccc2)nc1.C[Si](C)(C)c1ccc(-c2[c-]cccc2)nc1.C[Si](C)(C)c1ccc(-c2[c-]cccc2)nc1.C[Si](C)(C)c1ccc(-c2[c-]cccc2)nc1.Cc1cc(-c2[c-]cccc2)ncc1[Si](C)(C)C.Cc1cc(-c2ccccc2)ncc1[Si](C)(C)C.O=S(=O)(O)C(F)(F)F.[Ir+3].[Ir]. The van der Waals surface area contributed by atoms with Crippen LogP contribution < -0.4 is 31.1 Å². The van der Waals surface area contributed by atoms with Crippen LogP contribution in [0.15, 0.2) is 250 Å². The van der Waals surface area contributed by atoms with E-state index in [1.807, 2.05) is 146 Å². The predicted octanol–water partition coefficient (Wildman–Crippen LogP) is 19.6. The molecule has 0 unspecified atom stereocenters. The van der Waals surface area contributed by atoms with E-state index in [4.69, 9.17) is 28.3 Å². The molecule has 6 heterocycles. The van der Waals surface area contributed by atoms with Gasteiger partial charge in [-0.15, -0.1) is 179 Å². The Hall–Kier alpha value is -7.60. The van der Waals surface area contributed by atoms with Gasteiger partial charge in [-0.05, 0) is 92.0 Å². The van der Waals surface area contributed by atoms with E-state index >= 15 is 0 Å². The van der Waals surface area contributed by atoms with Crippen molar-refractivity contribution in [2.45, 2.75) is 152 Å². The van der Waals surface area contributed by atoms with Crippen LogP contribution >= 0.6 is 0 Å². The number of rotatable bonds is 12. The number of pyridine rings is 6. The van der Waals surface area contributed by atoms with Crippen LogP contribution in [-0.4, -0.2) is 133 Å². The van der Waals surface area contributed by atoms with Gasteiger partial charge in [0.2, 0.25) is 0 Å². The van der Waals surface area contributed by atoms with E-state index < -0.39 is 64.1 Å². The van der Waals surface area contributed by atoms with E-state index in [0.717, 1.165) is 76.2 Å². The van der Waals surface area contributed by atoms with E-state index in [1.54, 1.807) is 6.92 Å². The van der Waals surface area contributed by atoms with Crippen molar-refractivity contribution >= 4 is 89.7 Å². The van der Waals surface area contributed by atoms with Crippen LogP contribution in [0.25, 0.3) is 67.5 Å². The average Bonchev–Trinajstić information content (AvgIpc) is 0.787. The van der Waals surface area contributed by atoms with E-state index in [0.29, 0.717) is 0 Å². The third-order valence-electron chi connectivity index (χ3n) is 16.6. The summed E-state index contributed by atoms with van der Waals surface area (Å²) in [5.41, 5.74) is 9.79. The Morgan fingerprint density at radius 1 is 0.345 bits per heavy atom. The molecular formula is C92H120F3Ir2N6O6SSi6-2. The molecule has 4 N–H and O–H groups in total. The third-order valence-corrected chi connectivity index (χ3v) is 29.6. The number of hydrogen-bond donors (Lipinski definition) is 4. The zero-order valence-electron chi connectivity index (χ0n) is 70.9. The number of alkyl halides is 3. The molecule has 0 saturated heterocycles. The van der Waals surface area contributed by atoms with Crippen molar-refractivity contribution < 1.29 is 81.7 Å². The van der Waals surface area contributed by atoms with Crippen LogP contribution in [0.4, 0.5) is 13.2 Å². The van der Waals surface area contributed by atoms with Gasteiger partial charge in [-0.3, -0.25) is 9.54 Å². The van der Waals surface area contributed by atoms with E-state index in [-0.39, 0.29) is 54.2 Å². The minimum atomic E-state index is -5.84. The monoisotopic (exact) mass is 2050 g/mol. The first kappa shape index (κ1) is 108. The van der Waals surface area contributed by atoms with E-state index in [2.05, 4.69) is 295 Å². The molecule has 24 heteroatoms. The summed E-state index contributed by atoms with van der Waals surface area (Å²) in [6.07, 6.45) is 12.2. The van der Waals surface area contributed by atoms with Crippen LogP contribution in [-0.2, 0) is 50.3 Å². The normalized spacial score (nSPS) is 10.9. The molecule has 12 aromatic rings. The molecule has 0 aliphatic carbocycles. The molecule has 0 atom stereocenters. The topological polar surface area (TPSA) is 192 Å². The summed E-state index contributed by atoms with van der Waals surface area (Å²) in [6.45, 7) is 48.4. The third kappa shape index (κ3) is 38.4. The maximum Gasteiger partial charge on any atom is 3.00 e. The first-order chi connectivity index (χ1) is 52.9. The van der Waals surface area contributed by atoms with Crippen molar-refractivity contribution in [2.75, 3.05) is 20.8 Å². The number of hydrogen-bond acceptors (Lipinski definition) is 11. The minimum Gasteiger partial charge on any atom is -0.400 e. The second-order valence-corrected chi connectivity index (χ2v) is 63.8. The van der Waals surface area contributed by atoms with Crippen LogP contribution in [0.3, 0.4) is 0 Å². The number of aryl methyl sites for hydroxylation is 2. The minimum absolute atomic E-state index is 0. The number of aliphatic hydroxyl groups excluding tert-OH is 3. The largest absolute Gasteiger partial charge is 3.00 e. The van der Waals surface area contributed by atoms with Crippen molar-refractivity contribution in [3.63, 3.8) is 0 Å². The number of aliphatic hydroxyl groups is 3. The van der Waals surface area contributed by atoms with Crippen LogP contribution in [0, 0.1) is 44.2 Å². The summed E-state index contributed by atoms with van der Waals surface area (Å²) in [5, 5.41) is 30.0. The molecule has 0 aliphatic rings.